The van der Waals surface area contributed by atoms with Gasteiger partial charge in [-0.3, -0.25) is 4.79 Å². The van der Waals surface area contributed by atoms with Gasteiger partial charge in [0.15, 0.2) is 0 Å². The number of benzene rings is 1. The van der Waals surface area contributed by atoms with Gasteiger partial charge in [0.2, 0.25) is 5.95 Å². The normalized spacial score (nSPS) is 16.2. The van der Waals surface area contributed by atoms with Crippen molar-refractivity contribution in [2.45, 2.75) is 31.4 Å². The van der Waals surface area contributed by atoms with E-state index < -0.39 is 54.6 Å². The second kappa shape index (κ2) is 12.2. The molecule has 2 aliphatic heterocycles. The van der Waals surface area contributed by atoms with Crippen LogP contribution in [0.4, 0.5) is 62.8 Å². The number of nitrogens with one attached hydrogen (secondary N) is 1. The molecule has 19 heteroatoms. The van der Waals surface area contributed by atoms with Crippen LogP contribution in [0.15, 0.2) is 42.6 Å². The van der Waals surface area contributed by atoms with Crippen molar-refractivity contribution in [1.82, 2.24) is 20.0 Å². The number of nitrogens with zero attached hydrogens (tertiary/aromatic N) is 6. The fourth-order valence-corrected chi connectivity index (χ4v) is 4.87. The van der Waals surface area contributed by atoms with E-state index >= 15 is 0 Å². The molecule has 5 rings (SSSR count). The molecule has 4 heterocycles. The summed E-state index contributed by atoms with van der Waals surface area (Å²) in [6.07, 6.45) is -13.2. The van der Waals surface area contributed by atoms with Gasteiger partial charge in [-0.15, -0.1) is 0 Å². The monoisotopic (exact) mass is 663 g/mol. The summed E-state index contributed by atoms with van der Waals surface area (Å²) < 4.78 is 118. The number of hydrogen-bond donors (Lipinski definition) is 1. The first-order valence-electron chi connectivity index (χ1n) is 13.5. The van der Waals surface area contributed by atoms with E-state index in [0.29, 0.717) is 11.3 Å². The number of carbonyl (C=O) groups is 2. The Morgan fingerprint density at radius 1 is 0.826 bits per heavy atom. The maximum absolute atomic E-state index is 13.7. The zero-order valence-corrected chi connectivity index (χ0v) is 23.3. The van der Waals surface area contributed by atoms with Crippen LogP contribution in [-0.2, 0) is 39.6 Å². The zero-order chi connectivity index (χ0) is 33.4. The van der Waals surface area contributed by atoms with Crippen LogP contribution in [0.2, 0.25) is 0 Å². The largest absolute Gasteiger partial charge is 0.493 e. The van der Waals surface area contributed by atoms with Gasteiger partial charge in [-0.2, -0.15) is 49.6 Å². The fraction of sp³-hybridized carbons (Fsp3) is 0.370. The second-order valence-electron chi connectivity index (χ2n) is 10.2. The van der Waals surface area contributed by atoms with Gasteiger partial charge in [0.05, 0.1) is 23.4 Å². The summed E-state index contributed by atoms with van der Waals surface area (Å²) >= 11 is 0. The van der Waals surface area contributed by atoms with E-state index in [0.717, 1.165) is 36.4 Å². The van der Waals surface area contributed by atoms with Gasteiger partial charge >= 0.3 is 24.5 Å². The first-order valence-corrected chi connectivity index (χ1v) is 13.5. The predicted octanol–water partition coefficient (Wildman–Crippen LogP) is 4.93. The summed E-state index contributed by atoms with van der Waals surface area (Å²) in [5.74, 6) is -3.89. The lowest BCUT2D eigenvalue weighted by atomic mass is 10.1. The number of hydrogen-bond acceptors (Lipinski definition) is 9. The molecule has 1 saturated heterocycles. The fourth-order valence-electron chi connectivity index (χ4n) is 4.87. The lowest BCUT2D eigenvalue weighted by Gasteiger charge is -2.33. The molecule has 10 nitrogen and oxygen atoms in total. The highest BCUT2D eigenvalue weighted by molar-refractivity contribution is 5.84. The summed E-state index contributed by atoms with van der Waals surface area (Å²) in [5.41, 5.74) is -0.873. The molecule has 0 saturated carbocycles. The van der Waals surface area contributed by atoms with Crippen molar-refractivity contribution in [2.75, 3.05) is 47.8 Å². The van der Waals surface area contributed by atoms with Crippen LogP contribution in [0.25, 0.3) is 0 Å². The molecule has 0 spiro atoms. The van der Waals surface area contributed by atoms with Crippen molar-refractivity contribution in [3.63, 3.8) is 0 Å². The molecule has 0 atom stereocenters. The molecule has 3 aromatic rings. The van der Waals surface area contributed by atoms with E-state index in [2.05, 4.69) is 25.1 Å². The number of halogens is 9. The number of piperazine rings is 1. The quantitative estimate of drug-likeness (QED) is 0.381. The highest BCUT2D eigenvalue weighted by Crippen LogP contribution is 2.37. The van der Waals surface area contributed by atoms with E-state index in [1.165, 1.54) is 16.0 Å². The summed E-state index contributed by atoms with van der Waals surface area (Å²) in [6.45, 7) is -1.18. The van der Waals surface area contributed by atoms with Crippen LogP contribution in [0.3, 0.4) is 0 Å². The Kier molecular flexibility index (Phi) is 8.61. The maximum atomic E-state index is 13.7. The van der Waals surface area contributed by atoms with E-state index in [4.69, 9.17) is 0 Å². The Hall–Kier alpha value is -4.84. The van der Waals surface area contributed by atoms with Gasteiger partial charge in [-0.1, -0.05) is 0 Å². The lowest BCUT2D eigenvalue weighted by Crippen LogP contribution is -2.52. The number of alkyl halides is 9. The molecular weight excluding hydrogens is 641 g/mol. The average molecular weight is 664 g/mol. The van der Waals surface area contributed by atoms with Crippen molar-refractivity contribution in [2.24, 2.45) is 0 Å². The van der Waals surface area contributed by atoms with Gasteiger partial charge in [-0.05, 0) is 42.8 Å². The highest BCUT2D eigenvalue weighted by Gasteiger charge is 2.44. The van der Waals surface area contributed by atoms with E-state index in [9.17, 15) is 49.1 Å². The third kappa shape index (κ3) is 7.17. The number of anilines is 4. The number of fused-ring (bicyclic) bond motifs is 1. The third-order valence-electron chi connectivity index (χ3n) is 7.08. The first kappa shape index (κ1) is 32.6. The Balaban J connectivity index is 1.45. The van der Waals surface area contributed by atoms with Crippen LogP contribution in [0.5, 0.6) is 0 Å². The van der Waals surface area contributed by atoms with Crippen LogP contribution in [-0.4, -0.2) is 70.8 Å². The minimum atomic E-state index is -5.33. The number of aromatic nitrogens is 3. The molecule has 1 fully saturated rings. The molecule has 2 aromatic heterocycles. The van der Waals surface area contributed by atoms with Crippen LogP contribution >= 0.6 is 0 Å². The number of carbonyl (C=O) groups excluding carboxylic acids is 2. The minimum Gasteiger partial charge on any atom is -0.355 e. The minimum absolute atomic E-state index is 0.0311. The Bertz CT molecular complexity index is 1610. The number of rotatable bonds is 5. The zero-order valence-electron chi connectivity index (χ0n) is 23.3. The molecule has 246 valence electrons. The Morgan fingerprint density at radius 3 is 2.15 bits per heavy atom. The molecule has 46 heavy (non-hydrogen) atoms. The predicted molar refractivity (Wildman–Crippen MR) is 142 cm³/mol. The van der Waals surface area contributed by atoms with E-state index in [-0.39, 0.29) is 60.8 Å². The maximum Gasteiger partial charge on any atom is 0.493 e. The van der Waals surface area contributed by atoms with Gasteiger partial charge in [0, 0.05) is 43.5 Å². The molecule has 1 aromatic carbocycles. The van der Waals surface area contributed by atoms with Crippen molar-refractivity contribution in [3.05, 3.63) is 65.0 Å². The number of pyridine rings is 1. The summed E-state index contributed by atoms with van der Waals surface area (Å²) in [7, 11) is 0. The topological polar surface area (TPSA) is 104 Å². The van der Waals surface area contributed by atoms with Crippen molar-refractivity contribution in [1.29, 1.82) is 0 Å². The van der Waals surface area contributed by atoms with Gasteiger partial charge in [0.1, 0.15) is 18.2 Å². The first-order chi connectivity index (χ1) is 21.5. The molecule has 0 unspecified atom stereocenters. The van der Waals surface area contributed by atoms with Crippen molar-refractivity contribution >= 4 is 35.1 Å². The summed E-state index contributed by atoms with van der Waals surface area (Å²) in [4.78, 5) is 43.5. The molecule has 1 N–H and O–H groups in total. The van der Waals surface area contributed by atoms with Crippen LogP contribution in [0, 0.1) is 0 Å². The summed E-state index contributed by atoms with van der Waals surface area (Å²) in [6, 6.07) is 6.05. The van der Waals surface area contributed by atoms with Gasteiger partial charge in [-0.25, -0.2) is 14.8 Å². The molecule has 0 bridgehead atoms. The third-order valence-corrected chi connectivity index (χ3v) is 7.08. The smallest absolute Gasteiger partial charge is 0.355 e. The molecular formula is C27H22F9N7O3. The van der Waals surface area contributed by atoms with Crippen molar-refractivity contribution in [3.8, 4) is 0 Å². The summed E-state index contributed by atoms with van der Waals surface area (Å²) in [5, 5.41) is 3.19. The molecule has 1 amide bonds. The molecule has 2 aliphatic rings. The SMILES string of the molecule is O=C1CN(c2nc3c(c(Nc4ccc(C(F)(F)F)cc4)n2)CCN(c2ncccc2C(F)(F)F)CC3)CCN1OC(=O)C(F)(F)F. The van der Waals surface area contributed by atoms with Crippen LogP contribution < -0.4 is 15.1 Å². The van der Waals surface area contributed by atoms with Crippen molar-refractivity contribution < 1.29 is 53.9 Å². The second-order valence-corrected chi connectivity index (χ2v) is 10.2. The molecule has 0 aliphatic carbocycles. The van der Waals surface area contributed by atoms with Gasteiger partial charge < -0.3 is 20.0 Å². The molecule has 0 radical (unpaired) electrons. The van der Waals surface area contributed by atoms with Gasteiger partial charge in [0.25, 0.3) is 5.91 Å². The highest BCUT2D eigenvalue weighted by atomic mass is 19.4. The lowest BCUT2D eigenvalue weighted by molar-refractivity contribution is -0.237. The Labute approximate surface area is 253 Å². The van der Waals surface area contributed by atoms with E-state index in [1.807, 2.05) is 0 Å². The average Bonchev–Trinajstić information content (AvgIpc) is 3.20. The van der Waals surface area contributed by atoms with E-state index in [1.54, 1.807) is 0 Å². The standard InChI is InChI=1S/C27H22F9N7O3/c28-25(29,30)15-3-5-16(6-4-15)38-21-17-7-10-41(22-18(26(31,32)33)2-1-9-37-22)11-8-19(17)39-24(40-21)42-12-13-43(20(44)14-42)46-23(45)27(34,35)36/h1-6,9H,7-8,10-14H2,(H,38,39,40). The van der Waals surface area contributed by atoms with Crippen LogP contribution in [0.1, 0.15) is 22.4 Å². The Morgan fingerprint density at radius 2 is 1.52 bits per heavy atom. The number of amides is 1. The number of hydroxylamine groups is 2.